The second kappa shape index (κ2) is 12.3. The molecule has 4 heteroatoms. The first-order chi connectivity index (χ1) is 11.5. The van der Waals surface area contributed by atoms with Crippen molar-refractivity contribution in [3.8, 4) is 0 Å². The number of esters is 2. The summed E-state index contributed by atoms with van der Waals surface area (Å²) in [7, 11) is 0. The van der Waals surface area contributed by atoms with Crippen LogP contribution in [0.15, 0.2) is 0 Å². The number of carbonyl (C=O) groups is 2. The van der Waals surface area contributed by atoms with Crippen molar-refractivity contribution < 1.29 is 19.1 Å². The van der Waals surface area contributed by atoms with Crippen LogP contribution < -0.4 is 0 Å². The summed E-state index contributed by atoms with van der Waals surface area (Å²) in [5.41, 5.74) is -0.429. The van der Waals surface area contributed by atoms with E-state index >= 15 is 0 Å². The Morgan fingerprint density at radius 2 is 1.08 bits per heavy atom. The van der Waals surface area contributed by atoms with Gasteiger partial charge < -0.3 is 9.47 Å². The molecule has 0 aliphatic carbocycles. The molecule has 0 aliphatic rings. The van der Waals surface area contributed by atoms with Gasteiger partial charge in [-0.1, -0.05) is 74.1 Å². The van der Waals surface area contributed by atoms with Crippen molar-refractivity contribution in [2.45, 2.75) is 106 Å². The summed E-state index contributed by atoms with van der Waals surface area (Å²) in [6, 6.07) is 0. The van der Waals surface area contributed by atoms with E-state index in [0.29, 0.717) is 24.7 Å². The van der Waals surface area contributed by atoms with Gasteiger partial charge in [0.15, 0.2) is 0 Å². The number of carbonyl (C=O) groups excluding carboxylic acids is 2. The van der Waals surface area contributed by atoms with Crippen molar-refractivity contribution in [1.29, 1.82) is 0 Å². The van der Waals surface area contributed by atoms with Gasteiger partial charge in [-0.05, 0) is 24.7 Å². The van der Waals surface area contributed by atoms with Gasteiger partial charge in [0.05, 0.1) is 0 Å². The van der Waals surface area contributed by atoms with Crippen LogP contribution in [0.2, 0.25) is 0 Å². The molecule has 0 atom stereocenters. The molecule has 0 aliphatic heterocycles. The van der Waals surface area contributed by atoms with Crippen molar-refractivity contribution >= 4 is 11.9 Å². The second-order valence-electron chi connectivity index (χ2n) is 8.96. The molecular formula is C21H40O4. The van der Waals surface area contributed by atoms with Crippen molar-refractivity contribution in [3.63, 3.8) is 0 Å². The fourth-order valence-electron chi connectivity index (χ4n) is 2.38. The lowest BCUT2D eigenvalue weighted by molar-refractivity contribution is -0.207. The first kappa shape index (κ1) is 23.9. The van der Waals surface area contributed by atoms with Gasteiger partial charge in [0.1, 0.15) is 0 Å². The van der Waals surface area contributed by atoms with E-state index in [1.807, 2.05) is 20.8 Å². The Balaban J connectivity index is 4.28. The second-order valence-corrected chi connectivity index (χ2v) is 8.96. The maximum absolute atomic E-state index is 12.0. The first-order valence-electron chi connectivity index (χ1n) is 9.91. The van der Waals surface area contributed by atoms with Gasteiger partial charge in [0.2, 0.25) is 0 Å². The molecule has 25 heavy (non-hydrogen) atoms. The minimum atomic E-state index is -0.817. The molecule has 0 aromatic carbocycles. The van der Waals surface area contributed by atoms with Crippen LogP contribution in [0.5, 0.6) is 0 Å². The minimum absolute atomic E-state index is 0.281. The van der Waals surface area contributed by atoms with Crippen molar-refractivity contribution in [2.24, 2.45) is 17.3 Å². The van der Waals surface area contributed by atoms with E-state index in [1.165, 1.54) is 0 Å². The quantitative estimate of drug-likeness (QED) is 0.249. The van der Waals surface area contributed by atoms with Crippen LogP contribution in [-0.2, 0) is 19.1 Å². The Morgan fingerprint density at radius 3 is 1.36 bits per heavy atom. The highest BCUT2D eigenvalue weighted by Gasteiger charge is 2.31. The van der Waals surface area contributed by atoms with Crippen LogP contribution in [0, 0.1) is 17.3 Å². The molecule has 4 nitrogen and oxygen atoms in total. The van der Waals surface area contributed by atoms with E-state index in [9.17, 15) is 9.59 Å². The number of rotatable bonds is 12. The lowest BCUT2D eigenvalue weighted by Gasteiger charge is -2.29. The summed E-state index contributed by atoms with van der Waals surface area (Å²) in [6.07, 6.45) is 5.83. The maximum Gasteiger partial charge on any atom is 0.308 e. The summed E-state index contributed by atoms with van der Waals surface area (Å²) >= 11 is 0. The lowest BCUT2D eigenvalue weighted by atomic mass is 9.96. The van der Waals surface area contributed by atoms with Gasteiger partial charge in [0, 0.05) is 18.3 Å². The highest BCUT2D eigenvalue weighted by molar-refractivity contribution is 5.71. The van der Waals surface area contributed by atoms with Crippen LogP contribution in [0.4, 0.5) is 0 Å². The van der Waals surface area contributed by atoms with E-state index in [2.05, 4.69) is 27.7 Å². The van der Waals surface area contributed by atoms with E-state index in [4.69, 9.17) is 9.47 Å². The molecule has 0 radical (unpaired) electrons. The van der Waals surface area contributed by atoms with Gasteiger partial charge in [-0.3, -0.25) is 9.59 Å². The molecular weight excluding hydrogens is 316 g/mol. The fraction of sp³-hybridized carbons (Fsp3) is 0.905. The van der Waals surface area contributed by atoms with Gasteiger partial charge in [0.25, 0.3) is 6.29 Å². The molecule has 0 spiro atoms. The third-order valence-electron chi connectivity index (χ3n) is 4.01. The molecule has 0 bridgehead atoms. The van der Waals surface area contributed by atoms with Gasteiger partial charge in [-0.2, -0.15) is 0 Å². The molecule has 0 aromatic rings. The molecule has 0 fully saturated rings. The van der Waals surface area contributed by atoms with E-state index < -0.39 is 11.7 Å². The van der Waals surface area contributed by atoms with Crippen molar-refractivity contribution in [1.82, 2.24) is 0 Å². The summed E-state index contributed by atoms with van der Waals surface area (Å²) in [4.78, 5) is 24.1. The third-order valence-corrected chi connectivity index (χ3v) is 4.01. The minimum Gasteiger partial charge on any atom is -0.425 e. The summed E-state index contributed by atoms with van der Waals surface area (Å²) < 4.78 is 10.9. The summed E-state index contributed by atoms with van der Waals surface area (Å²) in [5, 5.41) is 0. The van der Waals surface area contributed by atoms with Gasteiger partial charge in [-0.15, -0.1) is 0 Å². The molecule has 0 aromatic heterocycles. The van der Waals surface area contributed by atoms with Crippen LogP contribution >= 0.6 is 0 Å². The SMILES string of the molecule is CC(C)CCCCC(=O)OC(OC(=O)CCCCC(C)C)C(C)(C)C. The van der Waals surface area contributed by atoms with E-state index in [1.54, 1.807) is 0 Å². The van der Waals surface area contributed by atoms with Crippen LogP contribution in [0.3, 0.4) is 0 Å². The third kappa shape index (κ3) is 13.9. The monoisotopic (exact) mass is 356 g/mol. The zero-order valence-corrected chi connectivity index (χ0v) is 17.5. The van der Waals surface area contributed by atoms with E-state index in [-0.39, 0.29) is 11.9 Å². The molecule has 0 saturated heterocycles. The number of ether oxygens (including phenoxy) is 2. The Bertz CT molecular complexity index is 350. The average molecular weight is 357 g/mol. The Kier molecular flexibility index (Phi) is 11.8. The number of hydrogen-bond donors (Lipinski definition) is 0. The van der Waals surface area contributed by atoms with Crippen LogP contribution in [0.25, 0.3) is 0 Å². The Hall–Kier alpha value is -1.06. The van der Waals surface area contributed by atoms with Crippen LogP contribution in [0.1, 0.15) is 99.8 Å². The summed E-state index contributed by atoms with van der Waals surface area (Å²) in [6.45, 7) is 14.4. The molecule has 0 N–H and O–H groups in total. The number of unbranched alkanes of at least 4 members (excludes halogenated alkanes) is 2. The van der Waals surface area contributed by atoms with Crippen molar-refractivity contribution in [2.75, 3.05) is 0 Å². The van der Waals surface area contributed by atoms with Crippen molar-refractivity contribution in [3.05, 3.63) is 0 Å². The Morgan fingerprint density at radius 1 is 0.720 bits per heavy atom. The summed E-state index contributed by atoms with van der Waals surface area (Å²) in [5.74, 6) is 0.734. The average Bonchev–Trinajstić information content (AvgIpc) is 2.46. The largest absolute Gasteiger partial charge is 0.425 e. The number of hydrogen-bond acceptors (Lipinski definition) is 4. The van der Waals surface area contributed by atoms with Crippen LogP contribution in [-0.4, -0.2) is 18.2 Å². The standard InChI is InChI=1S/C21H40O4/c1-16(2)12-8-10-14-18(22)24-20(21(5,6)7)25-19(23)15-11-9-13-17(3)4/h16-17,20H,8-15H2,1-7H3. The zero-order chi connectivity index (χ0) is 19.5. The molecule has 0 saturated carbocycles. The van der Waals surface area contributed by atoms with Gasteiger partial charge in [-0.25, -0.2) is 0 Å². The predicted molar refractivity (Wildman–Crippen MR) is 102 cm³/mol. The predicted octanol–water partition coefficient (Wildman–Crippen LogP) is 5.88. The molecule has 148 valence electrons. The zero-order valence-electron chi connectivity index (χ0n) is 17.5. The fourth-order valence-corrected chi connectivity index (χ4v) is 2.38. The maximum atomic E-state index is 12.0. The smallest absolute Gasteiger partial charge is 0.308 e. The molecule has 0 unspecified atom stereocenters. The first-order valence-corrected chi connectivity index (χ1v) is 9.91. The lowest BCUT2D eigenvalue weighted by Crippen LogP contribution is -2.36. The Labute approximate surface area is 155 Å². The highest BCUT2D eigenvalue weighted by atomic mass is 16.7. The molecule has 0 amide bonds. The molecule has 0 rings (SSSR count). The molecule has 0 heterocycles. The van der Waals surface area contributed by atoms with E-state index in [0.717, 1.165) is 38.5 Å². The van der Waals surface area contributed by atoms with Gasteiger partial charge >= 0.3 is 11.9 Å². The highest BCUT2D eigenvalue weighted by Crippen LogP contribution is 2.25. The topological polar surface area (TPSA) is 52.6 Å². The normalized spacial score (nSPS) is 12.1.